The lowest BCUT2D eigenvalue weighted by atomic mass is 10.1. The summed E-state index contributed by atoms with van der Waals surface area (Å²) in [4.78, 5) is 28.1. The van der Waals surface area contributed by atoms with Gasteiger partial charge >= 0.3 is 0 Å². The highest BCUT2D eigenvalue weighted by Gasteiger charge is 2.33. The molecule has 6 heteroatoms. The van der Waals surface area contributed by atoms with Crippen LogP contribution in [0.2, 0.25) is 0 Å². The first-order chi connectivity index (χ1) is 11.5. The first-order valence-corrected chi connectivity index (χ1v) is 8.44. The number of likely N-dealkylation sites (tertiary alicyclic amines) is 1. The summed E-state index contributed by atoms with van der Waals surface area (Å²) in [5, 5.41) is 12.2. The quantitative estimate of drug-likeness (QED) is 0.740. The second-order valence-electron chi connectivity index (χ2n) is 6.61. The SMILES string of the molecule is CN(C)CCCN1CC(C(=O)NCCc2ccc(O)cc2)CC1=O. The molecule has 2 amide bonds. The van der Waals surface area contributed by atoms with E-state index >= 15 is 0 Å². The molecule has 24 heavy (non-hydrogen) atoms. The number of carbonyl (C=O) groups excluding carboxylic acids is 2. The Morgan fingerprint density at radius 3 is 2.71 bits per heavy atom. The van der Waals surface area contributed by atoms with Crippen molar-refractivity contribution in [3.63, 3.8) is 0 Å². The van der Waals surface area contributed by atoms with Crippen molar-refractivity contribution in [2.75, 3.05) is 40.3 Å². The van der Waals surface area contributed by atoms with Gasteiger partial charge in [0, 0.05) is 26.1 Å². The molecule has 2 rings (SSSR count). The summed E-state index contributed by atoms with van der Waals surface area (Å²) in [6, 6.07) is 6.96. The zero-order chi connectivity index (χ0) is 17.5. The average Bonchev–Trinajstić information content (AvgIpc) is 2.90. The molecular weight excluding hydrogens is 306 g/mol. The minimum absolute atomic E-state index is 0.0442. The van der Waals surface area contributed by atoms with Crippen molar-refractivity contribution in [3.8, 4) is 5.75 Å². The Bertz CT molecular complexity index is 557. The number of carbonyl (C=O) groups is 2. The Morgan fingerprint density at radius 2 is 2.04 bits per heavy atom. The minimum Gasteiger partial charge on any atom is -0.508 e. The summed E-state index contributed by atoms with van der Waals surface area (Å²) in [5.74, 6) is 0.0305. The molecule has 1 atom stereocenters. The summed E-state index contributed by atoms with van der Waals surface area (Å²) in [6.07, 6.45) is 1.94. The van der Waals surface area contributed by atoms with Gasteiger partial charge in [-0.3, -0.25) is 9.59 Å². The summed E-state index contributed by atoms with van der Waals surface area (Å²) in [6.45, 7) is 2.72. The third kappa shape index (κ3) is 5.53. The van der Waals surface area contributed by atoms with E-state index in [4.69, 9.17) is 0 Å². The highest BCUT2D eigenvalue weighted by molar-refractivity contribution is 5.89. The first-order valence-electron chi connectivity index (χ1n) is 8.44. The molecule has 1 unspecified atom stereocenters. The van der Waals surface area contributed by atoms with E-state index in [1.54, 1.807) is 17.0 Å². The van der Waals surface area contributed by atoms with Crippen LogP contribution in [0.15, 0.2) is 24.3 Å². The maximum absolute atomic E-state index is 12.2. The number of nitrogens with zero attached hydrogens (tertiary/aromatic N) is 2. The second-order valence-corrected chi connectivity index (χ2v) is 6.61. The van der Waals surface area contributed by atoms with Crippen molar-refractivity contribution >= 4 is 11.8 Å². The molecule has 0 saturated carbocycles. The maximum Gasteiger partial charge on any atom is 0.225 e. The molecular formula is C18H27N3O3. The molecule has 1 aliphatic heterocycles. The normalized spacial score (nSPS) is 17.5. The molecule has 1 aromatic rings. The van der Waals surface area contributed by atoms with Crippen molar-refractivity contribution in [2.45, 2.75) is 19.3 Å². The third-order valence-corrected chi connectivity index (χ3v) is 4.27. The van der Waals surface area contributed by atoms with Gasteiger partial charge in [-0.2, -0.15) is 0 Å². The van der Waals surface area contributed by atoms with Crippen molar-refractivity contribution in [2.24, 2.45) is 5.92 Å². The van der Waals surface area contributed by atoms with Crippen molar-refractivity contribution in [3.05, 3.63) is 29.8 Å². The van der Waals surface area contributed by atoms with Crippen molar-refractivity contribution in [1.82, 2.24) is 15.1 Å². The lowest BCUT2D eigenvalue weighted by Crippen LogP contribution is -2.34. The number of phenols is 1. The number of benzene rings is 1. The number of aromatic hydroxyl groups is 1. The number of hydrogen-bond acceptors (Lipinski definition) is 4. The Balaban J connectivity index is 1.71. The predicted octanol–water partition coefficient (Wildman–Crippen LogP) is 0.851. The van der Waals surface area contributed by atoms with Gasteiger partial charge in [-0.1, -0.05) is 12.1 Å². The molecule has 0 spiro atoms. The third-order valence-electron chi connectivity index (χ3n) is 4.27. The Labute approximate surface area is 143 Å². The van der Waals surface area contributed by atoms with Crippen LogP contribution in [-0.4, -0.2) is 67.0 Å². The van der Waals surface area contributed by atoms with Gasteiger partial charge < -0.3 is 20.2 Å². The molecule has 1 heterocycles. The fraction of sp³-hybridized carbons (Fsp3) is 0.556. The number of rotatable bonds is 8. The van der Waals surface area contributed by atoms with Crippen LogP contribution in [-0.2, 0) is 16.0 Å². The van der Waals surface area contributed by atoms with E-state index in [-0.39, 0.29) is 23.5 Å². The Hall–Kier alpha value is -2.08. The molecule has 0 radical (unpaired) electrons. The summed E-state index contributed by atoms with van der Waals surface area (Å²) < 4.78 is 0. The second kappa shape index (κ2) is 8.68. The van der Waals surface area contributed by atoms with Crippen molar-refractivity contribution < 1.29 is 14.7 Å². The number of phenolic OH excluding ortho intramolecular Hbond substituents is 1. The topological polar surface area (TPSA) is 72.9 Å². The van der Waals surface area contributed by atoms with Gasteiger partial charge in [0.15, 0.2) is 0 Å². The predicted molar refractivity (Wildman–Crippen MR) is 92.7 cm³/mol. The summed E-state index contributed by atoms with van der Waals surface area (Å²) in [5.41, 5.74) is 1.06. The van der Waals surface area contributed by atoms with Crippen LogP contribution in [0.25, 0.3) is 0 Å². The van der Waals surface area contributed by atoms with Crippen LogP contribution in [0.4, 0.5) is 0 Å². The van der Waals surface area contributed by atoms with Crippen LogP contribution >= 0.6 is 0 Å². The van der Waals surface area contributed by atoms with Crippen molar-refractivity contribution in [1.29, 1.82) is 0 Å². The van der Waals surface area contributed by atoms with Gasteiger partial charge in [0.25, 0.3) is 0 Å². The van der Waals surface area contributed by atoms with Crippen LogP contribution < -0.4 is 5.32 Å². The van der Waals surface area contributed by atoms with Crippen LogP contribution in [0.3, 0.4) is 0 Å². The fourth-order valence-electron chi connectivity index (χ4n) is 2.88. The summed E-state index contributed by atoms with van der Waals surface area (Å²) >= 11 is 0. The van der Waals surface area contributed by atoms with Gasteiger partial charge in [-0.05, 0) is 51.2 Å². The van der Waals surface area contributed by atoms with Crippen LogP contribution in [0.1, 0.15) is 18.4 Å². The minimum atomic E-state index is -0.239. The Morgan fingerprint density at radius 1 is 1.33 bits per heavy atom. The first kappa shape index (κ1) is 18.3. The smallest absolute Gasteiger partial charge is 0.225 e. The molecule has 1 aromatic carbocycles. The van der Waals surface area contributed by atoms with E-state index in [0.717, 1.165) is 18.5 Å². The van der Waals surface area contributed by atoms with E-state index in [9.17, 15) is 14.7 Å². The molecule has 1 saturated heterocycles. The van der Waals surface area contributed by atoms with E-state index < -0.39 is 0 Å². The zero-order valence-electron chi connectivity index (χ0n) is 14.5. The van der Waals surface area contributed by atoms with E-state index in [1.807, 2.05) is 26.2 Å². The molecule has 0 aliphatic carbocycles. The monoisotopic (exact) mass is 333 g/mol. The van der Waals surface area contributed by atoms with E-state index in [0.29, 0.717) is 32.5 Å². The standard InChI is InChI=1S/C18H27N3O3/c1-20(2)10-3-11-21-13-15(12-17(21)23)18(24)19-9-8-14-4-6-16(22)7-5-14/h4-7,15,22H,3,8-13H2,1-2H3,(H,19,24). The van der Waals surface area contributed by atoms with Gasteiger partial charge in [0.2, 0.25) is 11.8 Å². The Kier molecular flexibility index (Phi) is 6.61. The lowest BCUT2D eigenvalue weighted by molar-refractivity contribution is -0.129. The number of hydrogen-bond donors (Lipinski definition) is 2. The van der Waals surface area contributed by atoms with Gasteiger partial charge in [-0.15, -0.1) is 0 Å². The largest absolute Gasteiger partial charge is 0.508 e. The van der Waals surface area contributed by atoms with Gasteiger partial charge in [0.1, 0.15) is 5.75 Å². The molecule has 2 N–H and O–H groups in total. The van der Waals surface area contributed by atoms with Gasteiger partial charge in [0.05, 0.1) is 5.92 Å². The highest BCUT2D eigenvalue weighted by Crippen LogP contribution is 2.18. The van der Waals surface area contributed by atoms with Crippen LogP contribution in [0, 0.1) is 5.92 Å². The van der Waals surface area contributed by atoms with Gasteiger partial charge in [-0.25, -0.2) is 0 Å². The molecule has 0 bridgehead atoms. The fourth-order valence-corrected chi connectivity index (χ4v) is 2.88. The molecule has 1 aliphatic rings. The average molecular weight is 333 g/mol. The zero-order valence-corrected chi connectivity index (χ0v) is 14.5. The molecule has 6 nitrogen and oxygen atoms in total. The highest BCUT2D eigenvalue weighted by atomic mass is 16.3. The summed E-state index contributed by atoms with van der Waals surface area (Å²) in [7, 11) is 4.02. The van der Waals surface area contributed by atoms with E-state index in [2.05, 4.69) is 10.2 Å². The lowest BCUT2D eigenvalue weighted by Gasteiger charge is -2.18. The number of amides is 2. The molecule has 1 fully saturated rings. The molecule has 132 valence electrons. The van der Waals surface area contributed by atoms with Crippen LogP contribution in [0.5, 0.6) is 5.75 Å². The maximum atomic E-state index is 12.2. The molecule has 0 aromatic heterocycles. The van der Waals surface area contributed by atoms with E-state index in [1.165, 1.54) is 0 Å². The number of nitrogens with one attached hydrogen (secondary N) is 1.